The predicted octanol–water partition coefficient (Wildman–Crippen LogP) is 4.31. The molecule has 9 heteroatoms. The van der Waals surface area contributed by atoms with E-state index in [-0.39, 0.29) is 10.8 Å². The number of aromatic nitrogens is 2. The molecule has 0 radical (unpaired) electrons. The highest BCUT2D eigenvalue weighted by atomic mass is 79.9. The molecule has 1 N–H and O–H groups in total. The SMILES string of the molecule is O=S(=O)(NCc1cccc(Br)c1)c1cc(-c2noc(C3CCC3)n2)cs1. The molecule has 0 amide bonds. The van der Waals surface area contributed by atoms with Crippen molar-refractivity contribution in [2.45, 2.75) is 35.9 Å². The fraction of sp³-hybridized carbons (Fsp3) is 0.294. The van der Waals surface area contributed by atoms with E-state index in [2.05, 4.69) is 30.8 Å². The maximum atomic E-state index is 12.5. The van der Waals surface area contributed by atoms with Crippen LogP contribution >= 0.6 is 27.3 Å². The Morgan fingerprint density at radius 1 is 1.31 bits per heavy atom. The van der Waals surface area contributed by atoms with Gasteiger partial charge in [0.2, 0.25) is 21.7 Å². The minimum atomic E-state index is -3.59. The summed E-state index contributed by atoms with van der Waals surface area (Å²) in [5, 5.41) is 5.73. The van der Waals surface area contributed by atoms with Crippen molar-refractivity contribution in [3.05, 3.63) is 51.6 Å². The maximum Gasteiger partial charge on any atom is 0.250 e. The average Bonchev–Trinajstić information content (AvgIpc) is 3.21. The number of hydrogen-bond acceptors (Lipinski definition) is 6. The van der Waals surface area contributed by atoms with Gasteiger partial charge in [-0.15, -0.1) is 11.3 Å². The number of hydrogen-bond donors (Lipinski definition) is 1. The van der Waals surface area contributed by atoms with Crippen molar-refractivity contribution in [3.63, 3.8) is 0 Å². The highest BCUT2D eigenvalue weighted by molar-refractivity contribution is 9.10. The molecule has 0 aliphatic heterocycles. The van der Waals surface area contributed by atoms with Crippen LogP contribution in [0, 0.1) is 0 Å². The van der Waals surface area contributed by atoms with Crippen LogP contribution in [0.25, 0.3) is 11.4 Å². The van der Waals surface area contributed by atoms with Crippen molar-refractivity contribution < 1.29 is 12.9 Å². The smallest absolute Gasteiger partial charge is 0.250 e. The molecule has 1 aliphatic rings. The lowest BCUT2D eigenvalue weighted by molar-refractivity contribution is 0.292. The molecule has 1 saturated carbocycles. The number of thiophene rings is 1. The second kappa shape index (κ2) is 7.22. The van der Waals surface area contributed by atoms with Gasteiger partial charge in [0, 0.05) is 27.9 Å². The second-order valence-electron chi connectivity index (χ2n) is 6.19. The van der Waals surface area contributed by atoms with Gasteiger partial charge >= 0.3 is 0 Å². The van der Waals surface area contributed by atoms with Gasteiger partial charge in [0.05, 0.1) is 0 Å². The summed E-state index contributed by atoms with van der Waals surface area (Å²) in [5.74, 6) is 1.44. The quantitative estimate of drug-likeness (QED) is 0.600. The third kappa shape index (κ3) is 3.75. The molecule has 0 bridgehead atoms. The third-order valence-electron chi connectivity index (χ3n) is 4.35. The number of nitrogens with one attached hydrogen (secondary N) is 1. The minimum Gasteiger partial charge on any atom is -0.339 e. The van der Waals surface area contributed by atoms with Crippen molar-refractivity contribution in [3.8, 4) is 11.4 Å². The maximum absolute atomic E-state index is 12.5. The second-order valence-corrected chi connectivity index (χ2v) is 10.0. The summed E-state index contributed by atoms with van der Waals surface area (Å²) in [4.78, 5) is 4.41. The van der Waals surface area contributed by atoms with Crippen LogP contribution in [0.2, 0.25) is 0 Å². The molecule has 26 heavy (non-hydrogen) atoms. The number of rotatable bonds is 6. The molecule has 2 aromatic heterocycles. The summed E-state index contributed by atoms with van der Waals surface area (Å²) < 4.78 is 34.1. The van der Waals surface area contributed by atoms with E-state index in [0.717, 1.165) is 34.2 Å². The van der Waals surface area contributed by atoms with Crippen LogP contribution in [-0.2, 0) is 16.6 Å². The van der Waals surface area contributed by atoms with Crippen LogP contribution in [0.4, 0.5) is 0 Å². The van der Waals surface area contributed by atoms with E-state index >= 15 is 0 Å². The molecule has 1 aromatic carbocycles. The van der Waals surface area contributed by atoms with E-state index in [1.165, 1.54) is 6.42 Å². The van der Waals surface area contributed by atoms with E-state index in [4.69, 9.17) is 4.52 Å². The van der Waals surface area contributed by atoms with E-state index < -0.39 is 10.0 Å². The molecule has 0 spiro atoms. The summed E-state index contributed by atoms with van der Waals surface area (Å²) in [5.41, 5.74) is 1.54. The fourth-order valence-corrected chi connectivity index (χ4v) is 5.31. The van der Waals surface area contributed by atoms with E-state index in [9.17, 15) is 8.42 Å². The summed E-state index contributed by atoms with van der Waals surface area (Å²) in [6, 6.07) is 9.10. The van der Waals surface area contributed by atoms with Crippen molar-refractivity contribution in [1.82, 2.24) is 14.9 Å². The lowest BCUT2D eigenvalue weighted by Gasteiger charge is -2.20. The first-order valence-electron chi connectivity index (χ1n) is 8.18. The van der Waals surface area contributed by atoms with Gasteiger partial charge in [-0.2, -0.15) is 4.98 Å². The first-order valence-corrected chi connectivity index (χ1v) is 11.3. The Labute approximate surface area is 163 Å². The summed E-state index contributed by atoms with van der Waals surface area (Å²) in [7, 11) is -3.59. The predicted molar refractivity (Wildman–Crippen MR) is 102 cm³/mol. The van der Waals surface area contributed by atoms with Gasteiger partial charge < -0.3 is 4.52 Å². The minimum absolute atomic E-state index is 0.225. The molecule has 0 unspecified atom stereocenters. The third-order valence-corrected chi connectivity index (χ3v) is 7.68. The molecule has 6 nitrogen and oxygen atoms in total. The van der Waals surface area contributed by atoms with Crippen LogP contribution < -0.4 is 4.72 Å². The van der Waals surface area contributed by atoms with Gasteiger partial charge in [-0.05, 0) is 36.6 Å². The molecule has 3 aromatic rings. The summed E-state index contributed by atoms with van der Waals surface area (Å²) in [6.07, 6.45) is 3.34. The van der Waals surface area contributed by atoms with Gasteiger partial charge in [0.1, 0.15) is 4.21 Å². The van der Waals surface area contributed by atoms with Crippen molar-refractivity contribution in [2.75, 3.05) is 0 Å². The molecule has 1 fully saturated rings. The lowest BCUT2D eigenvalue weighted by Crippen LogP contribution is -2.22. The van der Waals surface area contributed by atoms with Gasteiger partial charge in [-0.1, -0.05) is 39.6 Å². The van der Waals surface area contributed by atoms with Gasteiger partial charge in [-0.3, -0.25) is 0 Å². The number of nitrogens with zero attached hydrogens (tertiary/aromatic N) is 2. The Morgan fingerprint density at radius 3 is 2.88 bits per heavy atom. The topological polar surface area (TPSA) is 85.1 Å². The Hall–Kier alpha value is -1.55. The van der Waals surface area contributed by atoms with Gasteiger partial charge in [0.25, 0.3) is 0 Å². The molecule has 136 valence electrons. The Morgan fingerprint density at radius 2 is 2.15 bits per heavy atom. The molecule has 2 heterocycles. The van der Waals surface area contributed by atoms with Crippen molar-refractivity contribution >= 4 is 37.3 Å². The van der Waals surface area contributed by atoms with Gasteiger partial charge in [0.15, 0.2) is 0 Å². The molecule has 0 atom stereocenters. The number of halogens is 1. The highest BCUT2D eigenvalue weighted by Gasteiger charge is 2.26. The van der Waals surface area contributed by atoms with Crippen LogP contribution in [0.15, 0.2) is 48.9 Å². The summed E-state index contributed by atoms with van der Waals surface area (Å²) in [6.45, 7) is 0.225. The van der Waals surface area contributed by atoms with Crippen LogP contribution in [0.1, 0.15) is 36.6 Å². The Balaban J connectivity index is 1.48. The molecule has 1 aliphatic carbocycles. The zero-order valence-electron chi connectivity index (χ0n) is 13.7. The Bertz CT molecular complexity index is 1030. The largest absolute Gasteiger partial charge is 0.339 e. The summed E-state index contributed by atoms with van der Waals surface area (Å²) >= 11 is 4.53. The fourth-order valence-electron chi connectivity index (χ4n) is 2.64. The lowest BCUT2D eigenvalue weighted by atomic mass is 9.85. The van der Waals surface area contributed by atoms with Gasteiger partial charge in [-0.25, -0.2) is 13.1 Å². The number of benzene rings is 1. The normalized spacial score (nSPS) is 15.1. The standard InChI is InChI=1S/C17H16BrN3O3S2/c18-14-6-1-3-11(7-14)9-19-26(22,23)15-8-13(10-25-15)16-20-17(24-21-16)12-4-2-5-12/h1,3,6-8,10,12,19H,2,4-5,9H2. The number of sulfonamides is 1. The highest BCUT2D eigenvalue weighted by Crippen LogP contribution is 2.36. The van der Waals surface area contributed by atoms with E-state index in [0.29, 0.717) is 23.2 Å². The molecule has 4 rings (SSSR count). The molecular formula is C17H16BrN3O3S2. The average molecular weight is 454 g/mol. The first-order chi connectivity index (χ1) is 12.5. The van der Waals surface area contributed by atoms with Crippen molar-refractivity contribution in [1.29, 1.82) is 0 Å². The van der Waals surface area contributed by atoms with Crippen LogP contribution in [0.5, 0.6) is 0 Å². The van der Waals surface area contributed by atoms with Crippen molar-refractivity contribution in [2.24, 2.45) is 0 Å². The van der Waals surface area contributed by atoms with E-state index in [1.54, 1.807) is 11.4 Å². The van der Waals surface area contributed by atoms with Crippen LogP contribution in [-0.4, -0.2) is 18.6 Å². The van der Waals surface area contributed by atoms with Crippen LogP contribution in [0.3, 0.4) is 0 Å². The zero-order valence-corrected chi connectivity index (χ0v) is 16.9. The molecular weight excluding hydrogens is 438 g/mol. The van der Waals surface area contributed by atoms with E-state index in [1.807, 2.05) is 24.3 Å². The first kappa shape index (κ1) is 17.8. The molecule has 0 saturated heterocycles. The zero-order chi connectivity index (χ0) is 18.1. The monoisotopic (exact) mass is 453 g/mol. The Kier molecular flexibility index (Phi) is 4.96.